The average Bonchev–Trinajstić information content (AvgIpc) is 2.66. The van der Waals surface area contributed by atoms with Crippen LogP contribution >= 0.6 is 0 Å². The van der Waals surface area contributed by atoms with Gasteiger partial charge in [-0.3, -0.25) is 4.68 Å². The van der Waals surface area contributed by atoms with E-state index in [1.165, 1.54) is 31.6 Å². The van der Waals surface area contributed by atoms with E-state index in [-0.39, 0.29) is 0 Å². The van der Waals surface area contributed by atoms with E-state index in [0.717, 1.165) is 0 Å². The Balaban J connectivity index is 2.10. The Morgan fingerprint density at radius 2 is 1.94 bits per heavy atom. The van der Waals surface area contributed by atoms with Crippen LogP contribution in [0.3, 0.4) is 0 Å². The van der Waals surface area contributed by atoms with Crippen LogP contribution in [0.25, 0.3) is 0 Å². The molecule has 0 N–H and O–H groups in total. The monoisotopic (exact) mass is 221 g/mol. The van der Waals surface area contributed by atoms with Crippen LogP contribution in [0.4, 0.5) is 0 Å². The molecule has 1 aliphatic heterocycles. The summed E-state index contributed by atoms with van der Waals surface area (Å²) < 4.78 is 2.03. The Kier molecular flexibility index (Phi) is 3.06. The van der Waals surface area contributed by atoms with Crippen molar-refractivity contribution in [2.45, 2.75) is 45.1 Å². The van der Waals surface area contributed by atoms with E-state index in [4.69, 9.17) is 0 Å². The van der Waals surface area contributed by atoms with E-state index >= 15 is 0 Å². The highest BCUT2D eigenvalue weighted by Gasteiger charge is 2.34. The van der Waals surface area contributed by atoms with Crippen molar-refractivity contribution in [2.75, 3.05) is 13.1 Å². The second-order valence-electron chi connectivity index (χ2n) is 5.53. The first kappa shape index (κ1) is 11.6. The van der Waals surface area contributed by atoms with E-state index in [2.05, 4.69) is 43.9 Å². The molecule has 0 saturated carbocycles. The number of nitrogens with zero attached hydrogens (tertiary/aromatic N) is 3. The summed E-state index contributed by atoms with van der Waals surface area (Å²) in [6.45, 7) is 9.36. The van der Waals surface area contributed by atoms with Crippen LogP contribution in [-0.4, -0.2) is 33.8 Å². The Morgan fingerprint density at radius 3 is 2.38 bits per heavy atom. The zero-order valence-electron chi connectivity index (χ0n) is 10.9. The Morgan fingerprint density at radius 1 is 1.31 bits per heavy atom. The largest absolute Gasteiger partial charge is 0.301 e. The molecule has 0 atom stereocenters. The second-order valence-corrected chi connectivity index (χ2v) is 5.53. The van der Waals surface area contributed by atoms with Gasteiger partial charge in [0, 0.05) is 30.4 Å². The zero-order chi connectivity index (χ0) is 11.8. The van der Waals surface area contributed by atoms with Crippen molar-refractivity contribution in [2.24, 2.45) is 7.05 Å². The van der Waals surface area contributed by atoms with Crippen LogP contribution in [0.15, 0.2) is 12.3 Å². The summed E-state index contributed by atoms with van der Waals surface area (Å²) in [5.41, 5.74) is 1.70. The van der Waals surface area contributed by atoms with Gasteiger partial charge in [-0.25, -0.2) is 0 Å². The zero-order valence-corrected chi connectivity index (χ0v) is 10.9. The molecule has 2 rings (SSSR count). The third-order valence-electron chi connectivity index (χ3n) is 4.07. The number of likely N-dealkylation sites (tertiary alicyclic amines) is 1. The lowest BCUT2D eigenvalue weighted by Crippen LogP contribution is -2.44. The molecule has 1 aliphatic rings. The molecule has 0 aliphatic carbocycles. The second kappa shape index (κ2) is 4.21. The number of rotatable bonds is 2. The van der Waals surface area contributed by atoms with Crippen molar-refractivity contribution >= 4 is 0 Å². The molecule has 0 radical (unpaired) electrons. The molecule has 0 unspecified atom stereocenters. The molecule has 0 bridgehead atoms. The Hall–Kier alpha value is -0.830. The van der Waals surface area contributed by atoms with Crippen molar-refractivity contribution < 1.29 is 0 Å². The van der Waals surface area contributed by atoms with Crippen molar-refractivity contribution in [1.29, 1.82) is 0 Å². The molecular formula is C13H23N3. The fourth-order valence-electron chi connectivity index (χ4n) is 2.76. The number of piperidine rings is 1. The fourth-order valence-corrected chi connectivity index (χ4v) is 2.76. The molecule has 0 spiro atoms. The Labute approximate surface area is 98.4 Å². The molecule has 1 aromatic heterocycles. The minimum atomic E-state index is 0.316. The predicted octanol–water partition coefficient (Wildman–Crippen LogP) is 2.18. The first-order valence-corrected chi connectivity index (χ1v) is 6.25. The third kappa shape index (κ3) is 2.01. The van der Waals surface area contributed by atoms with Crippen LogP contribution in [0.5, 0.6) is 0 Å². The van der Waals surface area contributed by atoms with Gasteiger partial charge in [-0.05, 0) is 45.8 Å². The van der Waals surface area contributed by atoms with E-state index < -0.39 is 0 Å². The van der Waals surface area contributed by atoms with Gasteiger partial charge in [-0.1, -0.05) is 6.92 Å². The summed E-state index contributed by atoms with van der Waals surface area (Å²) in [5, 5.41) is 4.29. The van der Waals surface area contributed by atoms with E-state index in [1.807, 2.05) is 10.9 Å². The van der Waals surface area contributed by atoms with Crippen LogP contribution in [0.2, 0.25) is 0 Å². The van der Waals surface area contributed by atoms with Gasteiger partial charge < -0.3 is 4.90 Å². The van der Waals surface area contributed by atoms with Crippen LogP contribution in [0.1, 0.15) is 39.3 Å². The highest BCUT2D eigenvalue weighted by Crippen LogP contribution is 2.34. The molecule has 90 valence electrons. The average molecular weight is 221 g/mol. The normalized spacial score (nSPS) is 21.6. The number of aromatic nitrogens is 2. The van der Waals surface area contributed by atoms with Crippen molar-refractivity contribution in [3.05, 3.63) is 18.0 Å². The van der Waals surface area contributed by atoms with Gasteiger partial charge in [-0.2, -0.15) is 5.10 Å². The molecule has 1 fully saturated rings. The van der Waals surface area contributed by atoms with Gasteiger partial charge in [0.25, 0.3) is 0 Å². The molecule has 16 heavy (non-hydrogen) atoms. The summed E-state index contributed by atoms with van der Waals surface area (Å²) in [6, 6.07) is 2.85. The third-order valence-corrected chi connectivity index (χ3v) is 4.07. The van der Waals surface area contributed by atoms with Gasteiger partial charge in [0.2, 0.25) is 0 Å². The van der Waals surface area contributed by atoms with Gasteiger partial charge in [0.15, 0.2) is 0 Å². The minimum absolute atomic E-state index is 0.316. The fraction of sp³-hybridized carbons (Fsp3) is 0.769. The standard InChI is InChI=1S/C13H23N3/c1-11(2)16-9-6-13(3,7-10-16)12-5-8-14-15(12)4/h5,8,11H,6-7,9-10H2,1-4H3. The summed E-state index contributed by atoms with van der Waals surface area (Å²) >= 11 is 0. The quantitative estimate of drug-likeness (QED) is 0.763. The number of hydrogen-bond acceptors (Lipinski definition) is 2. The minimum Gasteiger partial charge on any atom is -0.301 e. The molecule has 2 heterocycles. The first-order valence-electron chi connectivity index (χ1n) is 6.25. The SMILES string of the molecule is CC(C)N1CCC(C)(c2ccnn2C)CC1. The molecule has 1 aromatic rings. The van der Waals surface area contributed by atoms with Crippen LogP contribution < -0.4 is 0 Å². The van der Waals surface area contributed by atoms with Crippen molar-refractivity contribution in [3.8, 4) is 0 Å². The van der Waals surface area contributed by atoms with Crippen LogP contribution in [0, 0.1) is 0 Å². The highest BCUT2D eigenvalue weighted by molar-refractivity contribution is 5.16. The smallest absolute Gasteiger partial charge is 0.0492 e. The lowest BCUT2D eigenvalue weighted by Gasteiger charge is -2.41. The number of hydrogen-bond donors (Lipinski definition) is 0. The van der Waals surface area contributed by atoms with Gasteiger partial charge in [0.05, 0.1) is 0 Å². The van der Waals surface area contributed by atoms with Crippen molar-refractivity contribution in [3.63, 3.8) is 0 Å². The molecule has 3 heteroatoms. The maximum Gasteiger partial charge on any atom is 0.0492 e. The maximum absolute atomic E-state index is 4.29. The molecular weight excluding hydrogens is 198 g/mol. The number of aryl methyl sites for hydroxylation is 1. The molecule has 0 amide bonds. The van der Waals surface area contributed by atoms with E-state index in [0.29, 0.717) is 11.5 Å². The van der Waals surface area contributed by atoms with Crippen LogP contribution in [-0.2, 0) is 12.5 Å². The van der Waals surface area contributed by atoms with E-state index in [1.54, 1.807) is 0 Å². The predicted molar refractivity (Wildman–Crippen MR) is 66.5 cm³/mol. The first-order chi connectivity index (χ1) is 7.53. The van der Waals surface area contributed by atoms with E-state index in [9.17, 15) is 0 Å². The van der Waals surface area contributed by atoms with Gasteiger partial charge in [-0.15, -0.1) is 0 Å². The van der Waals surface area contributed by atoms with Gasteiger partial charge in [0.1, 0.15) is 0 Å². The topological polar surface area (TPSA) is 21.1 Å². The lowest BCUT2D eigenvalue weighted by atomic mass is 9.77. The summed E-state index contributed by atoms with van der Waals surface area (Å²) in [5.74, 6) is 0. The summed E-state index contributed by atoms with van der Waals surface area (Å²) in [4.78, 5) is 2.57. The lowest BCUT2D eigenvalue weighted by molar-refractivity contribution is 0.133. The maximum atomic E-state index is 4.29. The Bertz CT molecular complexity index is 346. The van der Waals surface area contributed by atoms with Crippen molar-refractivity contribution in [1.82, 2.24) is 14.7 Å². The summed E-state index contributed by atoms with van der Waals surface area (Å²) in [6.07, 6.45) is 4.39. The van der Waals surface area contributed by atoms with Gasteiger partial charge >= 0.3 is 0 Å². The molecule has 3 nitrogen and oxygen atoms in total. The molecule has 1 saturated heterocycles. The molecule has 0 aromatic carbocycles. The summed E-state index contributed by atoms with van der Waals surface area (Å²) in [7, 11) is 2.05. The highest BCUT2D eigenvalue weighted by atomic mass is 15.3.